The van der Waals surface area contributed by atoms with Crippen molar-refractivity contribution < 1.29 is 108 Å². The first kappa shape index (κ1) is 82.4. The topological polar surface area (TPSA) is 460 Å². The van der Waals surface area contributed by atoms with Crippen LogP contribution in [0.4, 0.5) is 4.79 Å². The molecule has 602 valence electrons. The van der Waals surface area contributed by atoms with E-state index >= 15 is 28.8 Å². The molecule has 5 aromatic rings. The van der Waals surface area contributed by atoms with Gasteiger partial charge in [0.2, 0.25) is 41.6 Å². The lowest BCUT2D eigenvalue weighted by Gasteiger charge is -2.54. The number of primary amides is 1. The maximum atomic E-state index is 16.4. The second-order valence-electron chi connectivity index (χ2n) is 31.3. The predicted octanol–water partition coefficient (Wildman–Crippen LogP) is 7.54. The van der Waals surface area contributed by atoms with E-state index in [2.05, 4.69) is 38.8 Å². The Hall–Kier alpha value is -9.01. The first-order chi connectivity index (χ1) is 53.5. The first-order valence-electron chi connectivity index (χ1n) is 38.4. The van der Waals surface area contributed by atoms with Crippen molar-refractivity contribution >= 4 is 76.2 Å². The maximum Gasteiger partial charge on any atom is 0.412 e. The predicted molar refractivity (Wildman–Crippen MR) is 404 cm³/mol. The number of aliphatic hydroxyl groups excluding tert-OH is 6. The number of phenols is 2. The molecule has 6 aliphatic heterocycles. The zero-order valence-corrected chi connectivity index (χ0v) is 63.9. The van der Waals surface area contributed by atoms with Crippen molar-refractivity contribution in [1.82, 2.24) is 31.9 Å². The Morgan fingerprint density at radius 3 is 1.91 bits per heavy atom. The lowest BCUT2D eigenvalue weighted by atomic mass is 9.51. The summed E-state index contributed by atoms with van der Waals surface area (Å²) in [7, 11) is 1.51. The number of aliphatic hydroxyl groups is 6. The number of aromatic hydroxyl groups is 2. The zero-order chi connectivity index (χ0) is 80.3. The van der Waals surface area contributed by atoms with Crippen molar-refractivity contribution in [1.29, 1.82) is 0 Å². The molecule has 15 rings (SSSR count). The summed E-state index contributed by atoms with van der Waals surface area (Å²) in [6, 6.07) is 6.62. The van der Waals surface area contributed by atoms with Crippen LogP contribution in [-0.2, 0) is 43.1 Å². The van der Waals surface area contributed by atoms with Gasteiger partial charge in [-0.1, -0.05) is 94.3 Å². The molecule has 4 saturated carbocycles. The van der Waals surface area contributed by atoms with Gasteiger partial charge < -0.3 is 102 Å². The van der Waals surface area contributed by atoms with E-state index in [-0.39, 0.29) is 109 Å². The number of Topliss-reactive ketones (excluding diaryl/α,β-unsaturated/α-hetero) is 3. The molecule has 112 heavy (non-hydrogen) atoms. The smallest absolute Gasteiger partial charge is 0.412 e. The summed E-state index contributed by atoms with van der Waals surface area (Å²) in [5.41, 5.74) is 4.34. The fraction of sp³-hybridized carbons (Fsp3) is 0.519. The summed E-state index contributed by atoms with van der Waals surface area (Å²) >= 11 is 14.3. The largest absolute Gasteiger partial charge is 0.507 e. The van der Waals surface area contributed by atoms with Gasteiger partial charge in [0.1, 0.15) is 89.5 Å². The zero-order valence-electron chi connectivity index (χ0n) is 62.4. The Labute approximate surface area is 656 Å². The molecule has 6 amide bonds. The lowest BCUT2D eigenvalue weighted by Crippen LogP contribution is -2.60. The fourth-order valence-electron chi connectivity index (χ4n) is 17.3. The minimum atomic E-state index is -2.16. The molecule has 15 bridgehead atoms. The van der Waals surface area contributed by atoms with Crippen LogP contribution in [-0.4, -0.2) is 163 Å². The number of rotatable bonds is 21. The normalized spacial score (nSPS) is 28.5. The molecule has 1 saturated heterocycles. The Bertz CT molecular complexity index is 4380. The van der Waals surface area contributed by atoms with Crippen LogP contribution in [0, 0.1) is 41.4 Å². The van der Waals surface area contributed by atoms with Gasteiger partial charge in [-0.25, -0.2) is 4.79 Å². The molecule has 29 nitrogen and oxygen atoms in total. The van der Waals surface area contributed by atoms with E-state index in [9.17, 15) is 55.2 Å². The molecule has 5 unspecified atom stereocenters. The molecule has 31 heteroatoms. The molecule has 0 spiro atoms. The van der Waals surface area contributed by atoms with Gasteiger partial charge in [0.05, 0.1) is 34.5 Å². The van der Waals surface area contributed by atoms with E-state index in [0.29, 0.717) is 18.3 Å². The van der Waals surface area contributed by atoms with Gasteiger partial charge in [0.15, 0.2) is 28.8 Å². The number of unbranched alkanes of at least 4 members (excludes halogenated alkanes) is 5. The number of nitrogens with two attached hydrogens (primary N) is 1. The van der Waals surface area contributed by atoms with Crippen molar-refractivity contribution in [2.45, 2.75) is 203 Å². The van der Waals surface area contributed by atoms with E-state index in [1.165, 1.54) is 61.6 Å². The summed E-state index contributed by atoms with van der Waals surface area (Å²) in [5, 5.41) is 110. The third-order valence-electron chi connectivity index (χ3n) is 22.9. The highest BCUT2D eigenvalue weighted by Crippen LogP contribution is 2.58. The Morgan fingerprint density at radius 1 is 0.661 bits per heavy atom. The highest BCUT2D eigenvalue weighted by atomic mass is 35.5. The molecule has 14 atom stereocenters. The fourth-order valence-corrected chi connectivity index (χ4v) is 17.8. The number of hydrogen-bond acceptors (Lipinski definition) is 23. The van der Waals surface area contributed by atoms with Gasteiger partial charge in [0, 0.05) is 49.4 Å². The number of nitrogens with one attached hydrogen (secondary N) is 6. The molecule has 5 fully saturated rings. The lowest BCUT2D eigenvalue weighted by molar-refractivity contribution is -0.277. The van der Waals surface area contributed by atoms with Gasteiger partial charge in [-0.2, -0.15) is 0 Å². The third-order valence-corrected chi connectivity index (χ3v) is 23.5. The van der Waals surface area contributed by atoms with Gasteiger partial charge in [-0.15, -0.1) is 0 Å². The quantitative estimate of drug-likeness (QED) is 0.0315. The number of hydrogen-bond donors (Lipinski definition) is 15. The first-order valence-corrected chi connectivity index (χ1v) is 39.1. The third kappa shape index (κ3) is 18.3. The minimum absolute atomic E-state index is 0.0633. The van der Waals surface area contributed by atoms with E-state index < -0.39 is 193 Å². The van der Waals surface area contributed by atoms with Crippen LogP contribution in [0.15, 0.2) is 78.9 Å². The van der Waals surface area contributed by atoms with Crippen molar-refractivity contribution in [3.63, 3.8) is 0 Å². The molecule has 5 aromatic carbocycles. The number of ether oxygens (including phenoxy) is 5. The van der Waals surface area contributed by atoms with Crippen LogP contribution in [0.5, 0.6) is 46.0 Å². The SMILES string of the molecule is CCCCCCCCNC(=O)Oc1cc(O)c2c(c1)[C@@H](C(=O)CC1C3CC4CC(C3)CC1C4)NC(=O)[C@H]1NC(=O)[C@H](CC(=O)[C@@H]3NC(=O)[C@H](CC(N)=O)CC(=O)[C@H](NC(=O)[C@@H](CC(C)C)NC)[C@H](O)c4ccc(c(Cl)c4)Oc4cc3cc(c4OC3OC(CO)C(O)C(O)C3O)Oc3ccc(cc3Cl)[C@H]1O)c1ccc(O)c-2c1. The van der Waals surface area contributed by atoms with E-state index in [0.717, 1.165) is 88.5 Å². The van der Waals surface area contributed by atoms with Crippen molar-refractivity contribution in [3.05, 3.63) is 117 Å². The number of ketones is 3. The van der Waals surface area contributed by atoms with Crippen LogP contribution in [0.3, 0.4) is 0 Å². The monoisotopic (exact) mass is 1590 g/mol. The van der Waals surface area contributed by atoms with Crippen molar-refractivity contribution in [3.8, 4) is 57.1 Å². The molecule has 10 aliphatic rings. The van der Waals surface area contributed by atoms with Crippen LogP contribution < -0.4 is 56.6 Å². The molecule has 16 N–H and O–H groups in total. The Balaban J connectivity index is 1.05. The Kier molecular flexibility index (Phi) is 26.2. The standard InChI is InChI=1S/C81H97Cl2N7O22/c1-5-6-7-8-9-10-17-86-81(107)108-46-31-50-65(55(93)32-46)49-24-39(11-14-54(49)92)48-34-57(95)66-44-28-61(109-59-15-12-40(25-51(59)82)70(98)68(89-78(105)53(85-4)18-36(2)3)56(94)27-45(30-64(84)97)76(103)87-66)75(112-80-74(102)73(101)72(100)63(35-91)111-80)62(29-44)110-60-16-13-41(26-52(60)83)71(99)69(90-77(48)104)79(106)88-67(50)58(96)33-47-42-20-37-19-38(22-42)23-43(47)21-37/h11-16,24-26,28-29,31-32,36-38,42-43,45,47-48,53,63,66-74,80,85,91-93,98-102H,5-10,17-23,27,30,33-35H2,1-4H3,(H2,84,97)(H,86,107)(H,87,103)(H,88,106)(H,89,105)(H,90,104)/t37?,38?,42?,43?,45-,47?,48+,53+,63?,66+,67-,68-,69-,70+,71+,72?,73?,74?,80?/m0/s1. The minimum Gasteiger partial charge on any atom is -0.507 e. The summed E-state index contributed by atoms with van der Waals surface area (Å²) < 4.78 is 31.3. The summed E-state index contributed by atoms with van der Waals surface area (Å²) in [5.74, 6) is -14.7. The second kappa shape index (κ2) is 35.6. The maximum absolute atomic E-state index is 16.4. The molecule has 4 aliphatic carbocycles. The van der Waals surface area contributed by atoms with Crippen molar-refractivity contribution in [2.24, 2.45) is 47.2 Å². The van der Waals surface area contributed by atoms with Crippen LogP contribution in [0.25, 0.3) is 11.1 Å². The highest BCUT2D eigenvalue weighted by molar-refractivity contribution is 6.32. The summed E-state index contributed by atoms with van der Waals surface area (Å²) in [6.07, 6.45) is -7.23. The molecule has 6 heterocycles. The number of halogens is 2. The number of phenolic OH excluding ortho intramolecular Hbond substituents is 2. The second-order valence-corrected chi connectivity index (χ2v) is 32.1. The highest BCUT2D eigenvalue weighted by Gasteiger charge is 2.51. The van der Waals surface area contributed by atoms with Crippen LogP contribution in [0.1, 0.15) is 182 Å². The van der Waals surface area contributed by atoms with Gasteiger partial charge >= 0.3 is 6.09 Å². The van der Waals surface area contributed by atoms with Gasteiger partial charge in [-0.3, -0.25) is 38.4 Å². The molecule has 0 aromatic heterocycles. The number of likely N-dealkylation sites (N-methyl/N-ethyl adjacent to an activating group) is 1. The molecular weight excluding hydrogens is 1490 g/mol. The average molecular weight is 1590 g/mol. The number of fused-ring (bicyclic) bond motifs is 15. The summed E-state index contributed by atoms with van der Waals surface area (Å²) in [4.78, 5) is 136. The van der Waals surface area contributed by atoms with E-state index in [1.807, 2.05) is 13.8 Å². The van der Waals surface area contributed by atoms with Crippen molar-refractivity contribution in [2.75, 3.05) is 20.2 Å². The number of benzene rings is 5. The van der Waals surface area contributed by atoms with Gasteiger partial charge in [-0.05, 0) is 170 Å². The average Bonchev–Trinajstić information content (AvgIpc) is 0.687. The number of carbonyl (C=O) groups is 9. The number of carbonyl (C=O) groups excluding carboxylic acids is 9. The van der Waals surface area contributed by atoms with Gasteiger partial charge in [0.25, 0.3) is 0 Å². The number of amides is 6. The van der Waals surface area contributed by atoms with Crippen LogP contribution in [0.2, 0.25) is 10.0 Å². The van der Waals surface area contributed by atoms with Crippen LogP contribution >= 0.6 is 23.2 Å². The van der Waals surface area contributed by atoms with E-state index in [4.69, 9.17) is 52.6 Å². The molecular formula is C81H97Cl2N7O22. The van der Waals surface area contributed by atoms with E-state index in [1.54, 1.807) is 0 Å². The summed E-state index contributed by atoms with van der Waals surface area (Å²) in [6.45, 7) is 5.11. The molecule has 0 radical (unpaired) electrons. The Morgan fingerprint density at radius 2 is 1.29 bits per heavy atom.